The number of hydrogen-bond donors (Lipinski definition) is 1. The lowest BCUT2D eigenvalue weighted by Crippen LogP contribution is -2.27. The zero-order valence-corrected chi connectivity index (χ0v) is 12.4. The number of pyridine rings is 1. The third kappa shape index (κ3) is 4.60. The van der Waals surface area contributed by atoms with Crippen molar-refractivity contribution in [2.24, 2.45) is 0 Å². The Morgan fingerprint density at radius 3 is 2.71 bits per heavy atom. The van der Waals surface area contributed by atoms with Crippen molar-refractivity contribution in [3.8, 4) is 11.1 Å². The fourth-order valence-corrected chi connectivity index (χ4v) is 1.85. The van der Waals surface area contributed by atoms with Crippen LogP contribution in [0, 0.1) is 0 Å². The van der Waals surface area contributed by atoms with E-state index in [2.05, 4.69) is 10.3 Å². The summed E-state index contributed by atoms with van der Waals surface area (Å²) in [7, 11) is 0. The van der Waals surface area contributed by atoms with Gasteiger partial charge in [0.25, 0.3) is 0 Å². The first-order chi connectivity index (χ1) is 10.2. The number of nitrogens with zero attached hydrogens (tertiary/aromatic N) is 1. The fourth-order valence-electron chi connectivity index (χ4n) is 1.85. The number of amides is 1. The number of ether oxygens (including phenoxy) is 1. The van der Waals surface area contributed by atoms with Crippen molar-refractivity contribution in [2.45, 2.75) is 32.9 Å². The Balaban J connectivity index is 1.97. The Morgan fingerprint density at radius 2 is 2.00 bits per heavy atom. The molecule has 1 aromatic heterocycles. The van der Waals surface area contributed by atoms with Gasteiger partial charge in [0.15, 0.2) is 0 Å². The topological polar surface area (TPSA) is 51.2 Å². The molecular formula is C17H20N2O2. The lowest BCUT2D eigenvalue weighted by Gasteiger charge is -2.12. The van der Waals surface area contributed by atoms with Gasteiger partial charge in [-0.05, 0) is 30.5 Å². The highest BCUT2D eigenvalue weighted by molar-refractivity contribution is 5.67. The zero-order valence-electron chi connectivity index (χ0n) is 12.4. The third-order valence-electron chi connectivity index (χ3n) is 3.22. The number of benzene rings is 1. The Hall–Kier alpha value is -2.36. The number of aromatic nitrogens is 1. The first kappa shape index (κ1) is 15.0. The van der Waals surface area contributed by atoms with Crippen LogP contribution >= 0.6 is 0 Å². The van der Waals surface area contributed by atoms with E-state index < -0.39 is 6.09 Å². The summed E-state index contributed by atoms with van der Waals surface area (Å²) < 4.78 is 5.17. The molecular weight excluding hydrogens is 264 g/mol. The van der Waals surface area contributed by atoms with E-state index in [0.717, 1.165) is 23.1 Å². The number of carbonyl (C=O) groups excluding carboxylic acids is 1. The van der Waals surface area contributed by atoms with E-state index in [4.69, 9.17) is 4.74 Å². The summed E-state index contributed by atoms with van der Waals surface area (Å²) in [6.45, 7) is 4.26. The second-order valence-electron chi connectivity index (χ2n) is 4.93. The average Bonchev–Trinajstić information content (AvgIpc) is 2.54. The van der Waals surface area contributed by atoms with Crippen LogP contribution < -0.4 is 5.32 Å². The molecule has 0 aliphatic rings. The Bertz CT molecular complexity index is 584. The van der Waals surface area contributed by atoms with Gasteiger partial charge in [0.05, 0.1) is 0 Å². The predicted octanol–water partition coefficient (Wildman–Crippen LogP) is 3.77. The van der Waals surface area contributed by atoms with Crippen molar-refractivity contribution >= 4 is 6.09 Å². The molecule has 1 N–H and O–H groups in total. The maximum absolute atomic E-state index is 11.6. The normalized spacial score (nSPS) is 11.7. The second kappa shape index (κ2) is 7.43. The monoisotopic (exact) mass is 284 g/mol. The zero-order chi connectivity index (χ0) is 15.1. The summed E-state index contributed by atoms with van der Waals surface area (Å²) in [5.41, 5.74) is 3.08. The van der Waals surface area contributed by atoms with Crippen LogP contribution in [0.1, 0.15) is 25.8 Å². The molecule has 0 fully saturated rings. The van der Waals surface area contributed by atoms with Crippen molar-refractivity contribution in [3.05, 3.63) is 54.4 Å². The quantitative estimate of drug-likeness (QED) is 0.909. The van der Waals surface area contributed by atoms with Crippen LogP contribution in [-0.2, 0) is 11.3 Å². The first-order valence-corrected chi connectivity index (χ1v) is 7.13. The molecule has 4 heteroatoms. The highest BCUT2D eigenvalue weighted by atomic mass is 16.6. The number of nitrogens with one attached hydrogen (secondary N) is 1. The standard InChI is InChI=1S/C17H20N2O2/c1-3-13(2)21-17(20)19-11-14-9-16(12-18-10-14)15-7-5-4-6-8-15/h4-10,12-13H,3,11H2,1-2H3,(H,19,20). The Kier molecular flexibility index (Phi) is 5.32. The molecule has 1 atom stereocenters. The maximum atomic E-state index is 11.6. The molecule has 0 radical (unpaired) electrons. The van der Waals surface area contributed by atoms with Crippen LogP contribution in [0.15, 0.2) is 48.8 Å². The minimum atomic E-state index is -0.394. The van der Waals surface area contributed by atoms with Crippen LogP contribution in [0.2, 0.25) is 0 Å². The SMILES string of the molecule is CCC(C)OC(=O)NCc1cncc(-c2ccccc2)c1. The van der Waals surface area contributed by atoms with Gasteiger partial charge in [-0.3, -0.25) is 4.98 Å². The number of carbonyl (C=O) groups is 1. The highest BCUT2D eigenvalue weighted by Crippen LogP contribution is 2.18. The third-order valence-corrected chi connectivity index (χ3v) is 3.22. The van der Waals surface area contributed by atoms with E-state index in [1.54, 1.807) is 6.20 Å². The average molecular weight is 284 g/mol. The summed E-state index contributed by atoms with van der Waals surface area (Å²) in [5, 5.41) is 2.74. The molecule has 0 aliphatic heterocycles. The van der Waals surface area contributed by atoms with E-state index in [-0.39, 0.29) is 6.10 Å². The molecule has 0 aliphatic carbocycles. The van der Waals surface area contributed by atoms with Gasteiger partial charge >= 0.3 is 6.09 Å². The highest BCUT2D eigenvalue weighted by Gasteiger charge is 2.07. The van der Waals surface area contributed by atoms with Gasteiger partial charge in [-0.2, -0.15) is 0 Å². The van der Waals surface area contributed by atoms with Gasteiger partial charge in [-0.15, -0.1) is 0 Å². The van der Waals surface area contributed by atoms with Crippen LogP contribution in [-0.4, -0.2) is 17.2 Å². The minimum absolute atomic E-state index is 0.0706. The van der Waals surface area contributed by atoms with Crippen molar-refractivity contribution in [1.82, 2.24) is 10.3 Å². The molecule has 1 amide bonds. The van der Waals surface area contributed by atoms with Crippen molar-refractivity contribution in [2.75, 3.05) is 0 Å². The summed E-state index contributed by atoms with van der Waals surface area (Å²) in [5.74, 6) is 0. The van der Waals surface area contributed by atoms with E-state index in [1.165, 1.54) is 0 Å². The number of hydrogen-bond acceptors (Lipinski definition) is 3. The van der Waals surface area contributed by atoms with Crippen LogP contribution in [0.3, 0.4) is 0 Å². The molecule has 110 valence electrons. The van der Waals surface area contributed by atoms with Crippen molar-refractivity contribution in [3.63, 3.8) is 0 Å². The summed E-state index contributed by atoms with van der Waals surface area (Å²) in [6, 6.07) is 12.0. The van der Waals surface area contributed by atoms with E-state index in [0.29, 0.717) is 6.54 Å². The van der Waals surface area contributed by atoms with Crippen LogP contribution in [0.25, 0.3) is 11.1 Å². The van der Waals surface area contributed by atoms with E-state index >= 15 is 0 Å². The lowest BCUT2D eigenvalue weighted by molar-refractivity contribution is 0.104. The molecule has 0 saturated carbocycles. The fraction of sp³-hybridized carbons (Fsp3) is 0.294. The lowest BCUT2D eigenvalue weighted by atomic mass is 10.1. The molecule has 0 spiro atoms. The molecule has 0 saturated heterocycles. The van der Waals surface area contributed by atoms with Crippen molar-refractivity contribution in [1.29, 1.82) is 0 Å². The minimum Gasteiger partial charge on any atom is -0.447 e. The largest absolute Gasteiger partial charge is 0.447 e. The predicted molar refractivity (Wildman–Crippen MR) is 82.7 cm³/mol. The number of rotatable bonds is 5. The Morgan fingerprint density at radius 1 is 1.24 bits per heavy atom. The molecule has 1 aromatic carbocycles. The van der Waals surface area contributed by atoms with Crippen LogP contribution in [0.5, 0.6) is 0 Å². The van der Waals surface area contributed by atoms with Crippen LogP contribution in [0.4, 0.5) is 4.79 Å². The maximum Gasteiger partial charge on any atom is 0.407 e. The van der Waals surface area contributed by atoms with E-state index in [9.17, 15) is 4.79 Å². The molecule has 1 heterocycles. The van der Waals surface area contributed by atoms with Gasteiger partial charge in [-0.1, -0.05) is 37.3 Å². The molecule has 0 bridgehead atoms. The van der Waals surface area contributed by atoms with Gasteiger partial charge in [0.2, 0.25) is 0 Å². The molecule has 21 heavy (non-hydrogen) atoms. The summed E-state index contributed by atoms with van der Waals surface area (Å²) >= 11 is 0. The summed E-state index contributed by atoms with van der Waals surface area (Å²) in [6.07, 6.45) is 3.90. The smallest absolute Gasteiger partial charge is 0.407 e. The number of alkyl carbamates (subject to hydrolysis) is 1. The first-order valence-electron chi connectivity index (χ1n) is 7.13. The van der Waals surface area contributed by atoms with Gasteiger partial charge < -0.3 is 10.1 Å². The van der Waals surface area contributed by atoms with Gasteiger partial charge in [0.1, 0.15) is 6.10 Å². The molecule has 2 aromatic rings. The second-order valence-corrected chi connectivity index (χ2v) is 4.93. The molecule has 4 nitrogen and oxygen atoms in total. The Labute approximate surface area is 125 Å². The summed E-state index contributed by atoms with van der Waals surface area (Å²) in [4.78, 5) is 15.8. The van der Waals surface area contributed by atoms with Gasteiger partial charge in [-0.25, -0.2) is 4.79 Å². The van der Waals surface area contributed by atoms with E-state index in [1.807, 2.05) is 56.4 Å². The van der Waals surface area contributed by atoms with Crippen molar-refractivity contribution < 1.29 is 9.53 Å². The molecule has 2 rings (SSSR count). The molecule has 1 unspecified atom stereocenters. The van der Waals surface area contributed by atoms with Gasteiger partial charge in [0, 0.05) is 24.5 Å².